The summed E-state index contributed by atoms with van der Waals surface area (Å²) in [6, 6.07) is 23.0. The van der Waals surface area contributed by atoms with Crippen LogP contribution in [0.25, 0.3) is 0 Å². The second-order valence-electron chi connectivity index (χ2n) is 7.11. The Morgan fingerprint density at radius 1 is 0.909 bits per heavy atom. The number of aromatic nitrogens is 2. The van der Waals surface area contributed by atoms with E-state index in [1.807, 2.05) is 60.7 Å². The summed E-state index contributed by atoms with van der Waals surface area (Å²) in [5.41, 5.74) is 14.0. The number of hydrogen-bond donors (Lipinski definition) is 4. The molecule has 0 bridgehead atoms. The van der Waals surface area contributed by atoms with Gasteiger partial charge in [0.05, 0.1) is 10.9 Å². The summed E-state index contributed by atoms with van der Waals surface area (Å²) >= 11 is 5.83. The zero-order valence-electron chi connectivity index (χ0n) is 17.3. The summed E-state index contributed by atoms with van der Waals surface area (Å²) in [6.45, 7) is 0. The van der Waals surface area contributed by atoms with Crippen LogP contribution in [0, 0.1) is 5.82 Å². The number of hydrazine groups is 1. The van der Waals surface area contributed by atoms with Crippen LogP contribution in [0.2, 0.25) is 5.02 Å². The number of nitrogens with two attached hydrogens (primary N) is 1. The summed E-state index contributed by atoms with van der Waals surface area (Å²) in [7, 11) is 0. The van der Waals surface area contributed by atoms with Crippen molar-refractivity contribution in [1.29, 1.82) is 0 Å². The highest BCUT2D eigenvalue weighted by Crippen LogP contribution is 2.28. The van der Waals surface area contributed by atoms with Gasteiger partial charge in [-0.3, -0.25) is 15.6 Å². The van der Waals surface area contributed by atoms with Crippen LogP contribution in [0.5, 0.6) is 0 Å². The third-order valence-corrected chi connectivity index (χ3v) is 5.19. The molecular weight excluding hydrogens is 443 g/mol. The van der Waals surface area contributed by atoms with Gasteiger partial charge >= 0.3 is 0 Å². The van der Waals surface area contributed by atoms with Crippen LogP contribution in [0.15, 0.2) is 85.2 Å². The fourth-order valence-corrected chi connectivity index (χ4v) is 3.47. The summed E-state index contributed by atoms with van der Waals surface area (Å²) in [5, 5.41) is 2.93. The number of benzene rings is 3. The lowest BCUT2D eigenvalue weighted by molar-refractivity contribution is -0.121. The van der Waals surface area contributed by atoms with E-state index in [-0.39, 0.29) is 28.3 Å². The standard InChI is InChI=1S/C24H20ClFN6O/c25-18-13-17(11-12-19(18)26)30-22-21(27)23(29-14-28-22)31-32-24(33)20(15-7-3-1-4-8-15)16-9-5-2-6-10-16/h1-14,20H,27H2,(H,32,33)(H2,28,29,30,31). The summed E-state index contributed by atoms with van der Waals surface area (Å²) in [4.78, 5) is 21.4. The molecule has 0 aliphatic carbocycles. The first-order valence-corrected chi connectivity index (χ1v) is 10.4. The SMILES string of the molecule is Nc1c(NNC(=O)C(c2ccccc2)c2ccccc2)ncnc1Nc1ccc(F)c(Cl)c1. The molecule has 0 aliphatic heterocycles. The van der Waals surface area contributed by atoms with Gasteiger partial charge < -0.3 is 11.1 Å². The number of carbonyl (C=O) groups is 1. The molecule has 9 heteroatoms. The van der Waals surface area contributed by atoms with Crippen molar-refractivity contribution in [3.05, 3.63) is 107 Å². The average molecular weight is 463 g/mol. The Kier molecular flexibility index (Phi) is 6.66. The van der Waals surface area contributed by atoms with Crippen LogP contribution >= 0.6 is 11.6 Å². The van der Waals surface area contributed by atoms with Gasteiger partial charge in [-0.25, -0.2) is 14.4 Å². The van der Waals surface area contributed by atoms with Crippen LogP contribution in [-0.4, -0.2) is 15.9 Å². The molecule has 0 saturated heterocycles. The van der Waals surface area contributed by atoms with Gasteiger partial charge in [0.15, 0.2) is 11.6 Å². The molecule has 5 N–H and O–H groups in total. The predicted octanol–water partition coefficient (Wildman–Crippen LogP) is 4.87. The zero-order chi connectivity index (χ0) is 23.2. The number of nitrogens with one attached hydrogen (secondary N) is 3. The predicted molar refractivity (Wildman–Crippen MR) is 128 cm³/mol. The highest BCUT2D eigenvalue weighted by molar-refractivity contribution is 6.31. The second kappa shape index (κ2) is 9.97. The molecule has 0 saturated carbocycles. The molecule has 1 aromatic heterocycles. The fourth-order valence-electron chi connectivity index (χ4n) is 3.28. The highest BCUT2D eigenvalue weighted by Gasteiger charge is 2.23. The van der Waals surface area contributed by atoms with E-state index in [1.165, 1.54) is 24.5 Å². The third-order valence-electron chi connectivity index (χ3n) is 4.90. The van der Waals surface area contributed by atoms with E-state index in [9.17, 15) is 9.18 Å². The number of carbonyl (C=O) groups excluding carboxylic acids is 1. The first kappa shape index (κ1) is 22.0. The maximum atomic E-state index is 13.4. The third kappa shape index (κ3) is 5.19. The van der Waals surface area contributed by atoms with Crippen LogP contribution in [0.3, 0.4) is 0 Å². The number of anilines is 4. The molecule has 4 aromatic rings. The van der Waals surface area contributed by atoms with Crippen molar-refractivity contribution in [3.63, 3.8) is 0 Å². The minimum Gasteiger partial charge on any atom is -0.393 e. The van der Waals surface area contributed by atoms with Gasteiger partial charge in [0.1, 0.15) is 17.8 Å². The largest absolute Gasteiger partial charge is 0.393 e. The van der Waals surface area contributed by atoms with Gasteiger partial charge in [0.25, 0.3) is 0 Å². The summed E-state index contributed by atoms with van der Waals surface area (Å²) in [6.07, 6.45) is 1.28. The van der Waals surface area contributed by atoms with Crippen LogP contribution in [-0.2, 0) is 4.79 Å². The number of nitrogen functional groups attached to an aromatic ring is 1. The highest BCUT2D eigenvalue weighted by atomic mass is 35.5. The van der Waals surface area contributed by atoms with E-state index in [0.29, 0.717) is 5.69 Å². The van der Waals surface area contributed by atoms with Gasteiger partial charge in [-0.1, -0.05) is 72.3 Å². The minimum absolute atomic E-state index is 0.0360. The first-order valence-electron chi connectivity index (χ1n) is 10.0. The normalized spacial score (nSPS) is 10.6. The Morgan fingerprint density at radius 2 is 1.52 bits per heavy atom. The lowest BCUT2D eigenvalue weighted by Crippen LogP contribution is -2.35. The quantitative estimate of drug-likeness (QED) is 0.292. The Balaban J connectivity index is 1.52. The fraction of sp³-hybridized carbons (Fsp3) is 0.0417. The monoisotopic (exact) mass is 462 g/mol. The molecule has 0 spiro atoms. The maximum Gasteiger partial charge on any atom is 0.250 e. The van der Waals surface area contributed by atoms with E-state index >= 15 is 0 Å². The number of rotatable bonds is 7. The van der Waals surface area contributed by atoms with Crippen LogP contribution in [0.4, 0.5) is 27.4 Å². The van der Waals surface area contributed by atoms with Gasteiger partial charge in [0.2, 0.25) is 5.91 Å². The van der Waals surface area contributed by atoms with E-state index < -0.39 is 11.7 Å². The Morgan fingerprint density at radius 3 is 2.12 bits per heavy atom. The molecule has 7 nitrogen and oxygen atoms in total. The van der Waals surface area contributed by atoms with Gasteiger partial charge in [0, 0.05) is 5.69 Å². The van der Waals surface area contributed by atoms with Crippen LogP contribution in [0.1, 0.15) is 17.0 Å². The smallest absolute Gasteiger partial charge is 0.250 e. The van der Waals surface area contributed by atoms with Crippen molar-refractivity contribution in [1.82, 2.24) is 15.4 Å². The van der Waals surface area contributed by atoms with E-state index in [2.05, 4.69) is 26.1 Å². The molecule has 0 unspecified atom stereocenters. The Labute approximate surface area is 194 Å². The molecule has 0 atom stereocenters. The van der Waals surface area contributed by atoms with Crippen molar-refractivity contribution in [2.45, 2.75) is 5.92 Å². The van der Waals surface area contributed by atoms with Crippen molar-refractivity contribution in [3.8, 4) is 0 Å². The molecule has 166 valence electrons. The summed E-state index contributed by atoms with van der Waals surface area (Å²) < 4.78 is 13.4. The zero-order valence-corrected chi connectivity index (χ0v) is 18.1. The lowest BCUT2D eigenvalue weighted by Gasteiger charge is -2.19. The Bertz CT molecular complexity index is 1220. The molecule has 33 heavy (non-hydrogen) atoms. The van der Waals surface area contributed by atoms with E-state index in [4.69, 9.17) is 17.3 Å². The van der Waals surface area contributed by atoms with Gasteiger partial charge in [-0.05, 0) is 29.3 Å². The summed E-state index contributed by atoms with van der Waals surface area (Å²) in [5.74, 6) is -0.887. The second-order valence-corrected chi connectivity index (χ2v) is 7.51. The molecule has 0 radical (unpaired) electrons. The van der Waals surface area contributed by atoms with E-state index in [0.717, 1.165) is 11.1 Å². The number of halogens is 2. The number of nitrogens with zero attached hydrogens (tertiary/aromatic N) is 2. The van der Waals surface area contributed by atoms with Crippen LogP contribution < -0.4 is 21.9 Å². The topological polar surface area (TPSA) is 105 Å². The van der Waals surface area contributed by atoms with Gasteiger partial charge in [-0.15, -0.1) is 0 Å². The molecule has 0 fully saturated rings. The molecular formula is C24H20ClFN6O. The van der Waals surface area contributed by atoms with E-state index in [1.54, 1.807) is 0 Å². The molecule has 4 rings (SSSR count). The molecule has 3 aromatic carbocycles. The number of amides is 1. The van der Waals surface area contributed by atoms with Crippen molar-refractivity contribution >= 4 is 40.5 Å². The average Bonchev–Trinajstić information content (AvgIpc) is 2.83. The van der Waals surface area contributed by atoms with Crippen molar-refractivity contribution in [2.24, 2.45) is 0 Å². The maximum absolute atomic E-state index is 13.4. The minimum atomic E-state index is -0.540. The molecule has 1 amide bonds. The Hall–Kier alpha value is -4.17. The molecule has 1 heterocycles. The van der Waals surface area contributed by atoms with Crippen molar-refractivity contribution < 1.29 is 9.18 Å². The molecule has 0 aliphatic rings. The number of hydrogen-bond acceptors (Lipinski definition) is 6. The lowest BCUT2D eigenvalue weighted by atomic mass is 9.91. The first-order chi connectivity index (χ1) is 16.0. The van der Waals surface area contributed by atoms with Crippen molar-refractivity contribution in [2.75, 3.05) is 16.5 Å². The van der Waals surface area contributed by atoms with Gasteiger partial charge in [-0.2, -0.15) is 0 Å².